The Bertz CT molecular complexity index is 3750. The van der Waals surface area contributed by atoms with Gasteiger partial charge in [0.25, 0.3) is 0 Å². The van der Waals surface area contributed by atoms with Crippen LogP contribution in [0.5, 0.6) is 0 Å². The molecule has 0 aliphatic heterocycles. The Morgan fingerprint density at radius 1 is 0.308 bits per heavy atom. The van der Waals surface area contributed by atoms with Crippen LogP contribution in [0.1, 0.15) is 22.3 Å². The molecule has 12 aromatic rings. The number of hydrogen-bond acceptors (Lipinski definition) is 1. The molecule has 2 nitrogen and oxygen atoms in total. The van der Waals surface area contributed by atoms with Crippen molar-refractivity contribution in [3.8, 4) is 27.9 Å². The molecule has 0 saturated carbocycles. The van der Waals surface area contributed by atoms with Crippen LogP contribution >= 0.6 is 0 Å². The summed E-state index contributed by atoms with van der Waals surface area (Å²) in [6.45, 7) is 0. The second-order valence-electron chi connectivity index (χ2n) is 17.3. The highest BCUT2D eigenvalue weighted by Gasteiger charge is 2.46. The van der Waals surface area contributed by atoms with Gasteiger partial charge in [-0.25, -0.2) is 0 Å². The van der Waals surface area contributed by atoms with Crippen LogP contribution in [-0.2, 0) is 5.41 Å². The maximum absolute atomic E-state index is 2.50. The van der Waals surface area contributed by atoms with E-state index in [0.29, 0.717) is 0 Å². The molecule has 1 heterocycles. The molecular formula is C63H42N2. The molecule has 0 radical (unpaired) electrons. The molecule has 1 unspecified atom stereocenters. The van der Waals surface area contributed by atoms with E-state index >= 15 is 0 Å². The molecule has 1 aromatic heterocycles. The lowest BCUT2D eigenvalue weighted by Crippen LogP contribution is -2.28. The fraction of sp³-hybridized carbons (Fsp3) is 0.0159. The van der Waals surface area contributed by atoms with Gasteiger partial charge < -0.3 is 9.47 Å². The maximum Gasteiger partial charge on any atom is 0.0714 e. The van der Waals surface area contributed by atoms with Crippen molar-refractivity contribution in [2.24, 2.45) is 0 Å². The molecule has 1 aliphatic rings. The van der Waals surface area contributed by atoms with Crippen LogP contribution in [0.15, 0.2) is 255 Å². The zero-order chi connectivity index (χ0) is 42.9. The Hall–Kier alpha value is -8.46. The van der Waals surface area contributed by atoms with Crippen molar-refractivity contribution in [1.29, 1.82) is 0 Å². The van der Waals surface area contributed by atoms with Gasteiger partial charge in [0.15, 0.2) is 0 Å². The van der Waals surface area contributed by atoms with Crippen molar-refractivity contribution in [1.82, 2.24) is 4.57 Å². The van der Waals surface area contributed by atoms with E-state index in [1.807, 2.05) is 0 Å². The Morgan fingerprint density at radius 3 is 1.66 bits per heavy atom. The fourth-order valence-corrected chi connectivity index (χ4v) is 11.0. The molecule has 0 fully saturated rings. The molecule has 0 bridgehead atoms. The second-order valence-corrected chi connectivity index (χ2v) is 17.3. The highest BCUT2D eigenvalue weighted by Crippen LogP contribution is 2.57. The van der Waals surface area contributed by atoms with E-state index < -0.39 is 5.41 Å². The quantitative estimate of drug-likeness (QED) is 0.155. The number of para-hydroxylation sites is 2. The van der Waals surface area contributed by atoms with Crippen molar-refractivity contribution < 1.29 is 0 Å². The lowest BCUT2D eigenvalue weighted by molar-refractivity contribution is 0.771. The first-order chi connectivity index (χ1) is 32.2. The van der Waals surface area contributed by atoms with Crippen LogP contribution in [-0.4, -0.2) is 4.57 Å². The van der Waals surface area contributed by atoms with Crippen LogP contribution < -0.4 is 4.90 Å². The molecule has 11 aromatic carbocycles. The van der Waals surface area contributed by atoms with Crippen molar-refractivity contribution in [3.63, 3.8) is 0 Å². The average Bonchev–Trinajstić information content (AvgIpc) is 3.86. The third-order valence-corrected chi connectivity index (χ3v) is 13.8. The van der Waals surface area contributed by atoms with Crippen LogP contribution in [0, 0.1) is 0 Å². The first kappa shape index (κ1) is 37.1. The smallest absolute Gasteiger partial charge is 0.0714 e. The number of anilines is 3. The van der Waals surface area contributed by atoms with E-state index in [0.717, 1.165) is 22.7 Å². The van der Waals surface area contributed by atoms with Crippen molar-refractivity contribution in [2.45, 2.75) is 5.41 Å². The predicted octanol–water partition coefficient (Wildman–Crippen LogP) is 16.6. The number of aromatic nitrogens is 1. The van der Waals surface area contributed by atoms with Gasteiger partial charge >= 0.3 is 0 Å². The highest BCUT2D eigenvalue weighted by molar-refractivity contribution is 6.11. The van der Waals surface area contributed by atoms with E-state index in [4.69, 9.17) is 0 Å². The number of hydrogen-bond donors (Lipinski definition) is 0. The molecule has 2 heteroatoms. The number of nitrogens with zero attached hydrogens (tertiary/aromatic N) is 2. The molecule has 1 atom stereocenters. The Balaban J connectivity index is 1.05. The first-order valence-electron chi connectivity index (χ1n) is 22.5. The van der Waals surface area contributed by atoms with Gasteiger partial charge in [-0.3, -0.25) is 0 Å². The Kier molecular flexibility index (Phi) is 8.47. The van der Waals surface area contributed by atoms with Gasteiger partial charge in [0.2, 0.25) is 0 Å². The lowest BCUT2D eigenvalue weighted by atomic mass is 9.67. The molecule has 0 spiro atoms. The first-order valence-corrected chi connectivity index (χ1v) is 22.5. The van der Waals surface area contributed by atoms with Gasteiger partial charge in [-0.2, -0.15) is 0 Å². The van der Waals surface area contributed by atoms with E-state index in [9.17, 15) is 0 Å². The third-order valence-electron chi connectivity index (χ3n) is 13.8. The zero-order valence-corrected chi connectivity index (χ0v) is 35.6. The van der Waals surface area contributed by atoms with Crippen LogP contribution in [0.4, 0.5) is 17.1 Å². The summed E-state index contributed by atoms with van der Waals surface area (Å²) in [5, 5.41) is 7.42. The molecule has 0 amide bonds. The van der Waals surface area contributed by atoms with Crippen molar-refractivity contribution in [3.05, 3.63) is 277 Å². The van der Waals surface area contributed by atoms with Gasteiger partial charge in [-0.15, -0.1) is 0 Å². The zero-order valence-electron chi connectivity index (χ0n) is 35.6. The summed E-state index contributed by atoms with van der Waals surface area (Å²) in [5.41, 5.74) is 16.4. The van der Waals surface area contributed by atoms with E-state index in [2.05, 4.69) is 264 Å². The van der Waals surface area contributed by atoms with Gasteiger partial charge in [-0.1, -0.05) is 176 Å². The van der Waals surface area contributed by atoms with Gasteiger partial charge in [-0.05, 0) is 145 Å². The van der Waals surface area contributed by atoms with E-state index in [1.165, 1.54) is 87.9 Å². The second kappa shape index (κ2) is 14.8. The van der Waals surface area contributed by atoms with E-state index in [-0.39, 0.29) is 0 Å². The summed E-state index contributed by atoms with van der Waals surface area (Å²) in [6, 6.07) is 94.0. The summed E-state index contributed by atoms with van der Waals surface area (Å²) in [4.78, 5) is 2.39. The summed E-state index contributed by atoms with van der Waals surface area (Å²) in [7, 11) is 0. The normalized spacial score (nSPS) is 14.2. The summed E-state index contributed by atoms with van der Waals surface area (Å²) < 4.78 is 2.43. The summed E-state index contributed by atoms with van der Waals surface area (Å²) in [5.74, 6) is 0. The number of fused-ring (bicyclic) bond motifs is 8. The van der Waals surface area contributed by atoms with Gasteiger partial charge in [0.05, 0.1) is 16.4 Å². The fourth-order valence-electron chi connectivity index (χ4n) is 11.0. The Labute approximate surface area is 378 Å². The third kappa shape index (κ3) is 5.74. The SMILES string of the molecule is c1ccc(N(c2ccc(-c3cccc4ccccc34)cc2)c2ccc3c(c2)c2cc(C4(c5ccccc5)c5ccccc5-c5cc6ccccc6cc54)ccc2n3-c2ccccc2)cc1. The topological polar surface area (TPSA) is 8.17 Å². The molecule has 0 saturated heterocycles. The van der Waals surface area contributed by atoms with Crippen molar-refractivity contribution in [2.75, 3.05) is 4.90 Å². The highest BCUT2D eigenvalue weighted by atomic mass is 15.1. The van der Waals surface area contributed by atoms with Crippen LogP contribution in [0.3, 0.4) is 0 Å². The van der Waals surface area contributed by atoms with Crippen LogP contribution in [0.2, 0.25) is 0 Å². The van der Waals surface area contributed by atoms with Gasteiger partial charge in [0.1, 0.15) is 0 Å². The van der Waals surface area contributed by atoms with Gasteiger partial charge in [0, 0.05) is 33.5 Å². The summed E-state index contributed by atoms with van der Waals surface area (Å²) in [6.07, 6.45) is 0. The lowest BCUT2D eigenvalue weighted by Gasteiger charge is -2.34. The molecule has 0 N–H and O–H groups in total. The summed E-state index contributed by atoms with van der Waals surface area (Å²) >= 11 is 0. The minimum absolute atomic E-state index is 0.550. The molecule has 13 rings (SSSR count). The number of rotatable bonds is 7. The molecule has 304 valence electrons. The minimum atomic E-state index is -0.550. The molecule has 1 aliphatic carbocycles. The van der Waals surface area contributed by atoms with Crippen LogP contribution in [0.25, 0.3) is 71.3 Å². The monoisotopic (exact) mass is 826 g/mol. The largest absolute Gasteiger partial charge is 0.310 e. The molecular weight excluding hydrogens is 785 g/mol. The van der Waals surface area contributed by atoms with Crippen molar-refractivity contribution >= 4 is 60.4 Å². The average molecular weight is 827 g/mol. The van der Waals surface area contributed by atoms with E-state index in [1.54, 1.807) is 0 Å². The number of benzene rings is 11. The minimum Gasteiger partial charge on any atom is -0.310 e. The molecule has 65 heavy (non-hydrogen) atoms. The standard InChI is InChI=1S/C63H42N2/c1-4-21-47(22-5-1)63(59-30-15-14-28-55(59)56-39-45-18-10-11-19-46(45)40-60(56)63)48-33-37-61-57(41-48)58-42-52(36-38-62(58)65(61)50-25-8-3-9-26-50)64(49-23-6-2-7-24-49)51-34-31-44(32-35-51)54-29-16-20-43-17-12-13-27-53(43)54/h1-42H. The Morgan fingerprint density at radius 2 is 0.877 bits per heavy atom. The maximum atomic E-state index is 2.50. The predicted molar refractivity (Wildman–Crippen MR) is 273 cm³/mol.